The summed E-state index contributed by atoms with van der Waals surface area (Å²) in [6.07, 6.45) is 0.581. The molecule has 2 rings (SSSR count). The molecule has 1 aromatic carbocycles. The number of benzene rings is 1. The van der Waals surface area contributed by atoms with Gasteiger partial charge in [-0.2, -0.15) is 0 Å². The summed E-state index contributed by atoms with van der Waals surface area (Å²) in [7, 11) is 0. The van der Waals surface area contributed by atoms with Gasteiger partial charge < -0.3 is 0 Å². The molecule has 0 spiro atoms. The zero-order chi connectivity index (χ0) is 11.0. The zero-order valence-electron chi connectivity index (χ0n) is 7.30. The highest BCUT2D eigenvalue weighted by Gasteiger charge is 2.11. The molecular formula is C10H4Cl3NO. The fourth-order valence-electron chi connectivity index (χ4n) is 1.28. The number of carbonyl (C=O) groups is 1. The summed E-state index contributed by atoms with van der Waals surface area (Å²) in [5, 5.41) is 1.54. The largest absolute Gasteiger partial charge is 0.298 e. The molecule has 0 saturated heterocycles. The first-order chi connectivity index (χ1) is 7.13. The quantitative estimate of drug-likeness (QED) is 0.573. The molecule has 76 valence electrons. The molecule has 0 aliphatic heterocycles. The first-order valence-corrected chi connectivity index (χ1v) is 5.16. The van der Waals surface area contributed by atoms with Gasteiger partial charge in [-0.25, -0.2) is 4.98 Å². The van der Waals surface area contributed by atoms with E-state index in [2.05, 4.69) is 4.98 Å². The second-order valence-corrected chi connectivity index (χ2v) is 4.08. The van der Waals surface area contributed by atoms with E-state index >= 15 is 0 Å². The van der Waals surface area contributed by atoms with Crippen LogP contribution in [0.25, 0.3) is 10.9 Å². The Bertz CT molecular complexity index is 554. The molecule has 5 heteroatoms. The summed E-state index contributed by atoms with van der Waals surface area (Å²) >= 11 is 17.6. The van der Waals surface area contributed by atoms with Crippen molar-refractivity contribution >= 4 is 52.0 Å². The smallest absolute Gasteiger partial charge is 0.154 e. The van der Waals surface area contributed by atoms with Crippen LogP contribution in [-0.4, -0.2) is 11.3 Å². The van der Waals surface area contributed by atoms with E-state index in [0.717, 1.165) is 0 Å². The van der Waals surface area contributed by atoms with Crippen molar-refractivity contribution in [1.29, 1.82) is 0 Å². The van der Waals surface area contributed by atoms with E-state index in [1.54, 1.807) is 18.2 Å². The van der Waals surface area contributed by atoms with E-state index in [4.69, 9.17) is 34.8 Å². The van der Waals surface area contributed by atoms with Crippen LogP contribution in [-0.2, 0) is 0 Å². The molecule has 0 radical (unpaired) electrons. The molecule has 2 aromatic rings. The van der Waals surface area contributed by atoms with Crippen molar-refractivity contribution in [1.82, 2.24) is 4.98 Å². The highest BCUT2D eigenvalue weighted by molar-refractivity contribution is 6.41. The summed E-state index contributed by atoms with van der Waals surface area (Å²) in [6, 6.07) is 5.03. The maximum atomic E-state index is 10.7. The average Bonchev–Trinajstić information content (AvgIpc) is 2.20. The highest BCUT2D eigenvalue weighted by atomic mass is 35.5. The molecule has 0 amide bonds. The SMILES string of the molecule is O=Cc1c(Cl)nc2ccc(Cl)cc2c1Cl. The van der Waals surface area contributed by atoms with E-state index in [-0.39, 0.29) is 15.7 Å². The first kappa shape index (κ1) is 10.7. The van der Waals surface area contributed by atoms with E-state index in [0.29, 0.717) is 22.2 Å². The number of halogens is 3. The number of hydrogen-bond acceptors (Lipinski definition) is 2. The second kappa shape index (κ2) is 3.97. The van der Waals surface area contributed by atoms with Crippen LogP contribution >= 0.6 is 34.8 Å². The Morgan fingerprint density at radius 3 is 2.60 bits per heavy atom. The molecule has 0 aliphatic rings. The molecule has 0 atom stereocenters. The molecular weight excluding hydrogens is 256 g/mol. The van der Waals surface area contributed by atoms with Crippen molar-refractivity contribution in [3.8, 4) is 0 Å². The van der Waals surface area contributed by atoms with Crippen LogP contribution in [0, 0.1) is 0 Å². The monoisotopic (exact) mass is 259 g/mol. The predicted octanol–water partition coefficient (Wildman–Crippen LogP) is 4.01. The van der Waals surface area contributed by atoms with Crippen molar-refractivity contribution in [3.63, 3.8) is 0 Å². The number of nitrogens with zero attached hydrogens (tertiary/aromatic N) is 1. The minimum absolute atomic E-state index is 0.102. The van der Waals surface area contributed by atoms with Crippen molar-refractivity contribution < 1.29 is 4.79 Å². The number of pyridine rings is 1. The lowest BCUT2D eigenvalue weighted by molar-refractivity contribution is 0.112. The lowest BCUT2D eigenvalue weighted by atomic mass is 10.2. The van der Waals surface area contributed by atoms with Gasteiger partial charge in [0.05, 0.1) is 16.1 Å². The lowest BCUT2D eigenvalue weighted by Crippen LogP contribution is -1.90. The van der Waals surface area contributed by atoms with Crippen LogP contribution in [0.4, 0.5) is 0 Å². The van der Waals surface area contributed by atoms with E-state index < -0.39 is 0 Å². The van der Waals surface area contributed by atoms with Crippen LogP contribution in [0.2, 0.25) is 15.2 Å². The van der Waals surface area contributed by atoms with Gasteiger partial charge in [0.25, 0.3) is 0 Å². The Kier molecular flexibility index (Phi) is 2.83. The van der Waals surface area contributed by atoms with E-state index in [1.165, 1.54) is 0 Å². The first-order valence-electron chi connectivity index (χ1n) is 4.03. The number of aromatic nitrogens is 1. The molecule has 1 heterocycles. The number of hydrogen-bond donors (Lipinski definition) is 0. The summed E-state index contributed by atoms with van der Waals surface area (Å²) in [5.74, 6) is 0. The van der Waals surface area contributed by atoms with Crippen LogP contribution in [0.15, 0.2) is 18.2 Å². The summed E-state index contributed by atoms with van der Waals surface area (Å²) < 4.78 is 0. The molecule has 0 unspecified atom stereocenters. The van der Waals surface area contributed by atoms with Gasteiger partial charge in [-0.15, -0.1) is 0 Å². The molecule has 0 N–H and O–H groups in total. The number of rotatable bonds is 1. The standard InChI is InChI=1S/C10H4Cl3NO/c11-5-1-2-8-6(3-5)9(12)7(4-15)10(13)14-8/h1-4H. The summed E-state index contributed by atoms with van der Waals surface area (Å²) in [5.41, 5.74) is 0.799. The lowest BCUT2D eigenvalue weighted by Gasteiger charge is -2.04. The van der Waals surface area contributed by atoms with E-state index in [1.807, 2.05) is 0 Å². The Labute approximate surface area is 101 Å². The van der Waals surface area contributed by atoms with Gasteiger partial charge in [-0.05, 0) is 18.2 Å². The molecule has 2 nitrogen and oxygen atoms in total. The second-order valence-electron chi connectivity index (χ2n) is 2.91. The maximum Gasteiger partial charge on any atom is 0.154 e. The molecule has 0 fully saturated rings. The van der Waals surface area contributed by atoms with Gasteiger partial charge in [0.1, 0.15) is 5.15 Å². The topological polar surface area (TPSA) is 30.0 Å². The van der Waals surface area contributed by atoms with Crippen LogP contribution in [0.1, 0.15) is 10.4 Å². The van der Waals surface area contributed by atoms with Crippen molar-refractivity contribution in [2.45, 2.75) is 0 Å². The fourth-order valence-corrected chi connectivity index (χ4v) is 2.02. The molecule has 0 aliphatic carbocycles. The normalized spacial score (nSPS) is 10.6. The average molecular weight is 261 g/mol. The molecule has 15 heavy (non-hydrogen) atoms. The summed E-state index contributed by atoms with van der Waals surface area (Å²) in [6.45, 7) is 0. The van der Waals surface area contributed by atoms with Gasteiger partial charge in [-0.1, -0.05) is 34.8 Å². The van der Waals surface area contributed by atoms with Gasteiger partial charge in [-0.3, -0.25) is 4.79 Å². The third-order valence-electron chi connectivity index (χ3n) is 1.99. The number of carbonyl (C=O) groups excluding carboxylic acids is 1. The van der Waals surface area contributed by atoms with Gasteiger partial charge in [0.15, 0.2) is 6.29 Å². The van der Waals surface area contributed by atoms with Gasteiger partial charge in [0, 0.05) is 10.4 Å². The Balaban J connectivity index is 2.92. The Hall–Kier alpha value is -0.830. The highest BCUT2D eigenvalue weighted by Crippen LogP contribution is 2.31. The Morgan fingerprint density at radius 1 is 1.20 bits per heavy atom. The van der Waals surface area contributed by atoms with E-state index in [9.17, 15) is 4.79 Å². The van der Waals surface area contributed by atoms with Crippen LogP contribution in [0.3, 0.4) is 0 Å². The minimum Gasteiger partial charge on any atom is -0.298 e. The van der Waals surface area contributed by atoms with Gasteiger partial charge >= 0.3 is 0 Å². The molecule has 1 aromatic heterocycles. The Morgan fingerprint density at radius 2 is 1.93 bits per heavy atom. The molecule has 0 saturated carbocycles. The van der Waals surface area contributed by atoms with Crippen molar-refractivity contribution in [2.75, 3.05) is 0 Å². The minimum atomic E-state index is 0.102. The van der Waals surface area contributed by atoms with Crippen LogP contribution in [0.5, 0.6) is 0 Å². The third-order valence-corrected chi connectivity index (χ3v) is 2.92. The van der Waals surface area contributed by atoms with Crippen molar-refractivity contribution in [3.05, 3.63) is 39.0 Å². The zero-order valence-corrected chi connectivity index (χ0v) is 9.57. The number of fused-ring (bicyclic) bond motifs is 1. The van der Waals surface area contributed by atoms with Gasteiger partial charge in [0.2, 0.25) is 0 Å². The summed E-state index contributed by atoms with van der Waals surface area (Å²) in [4.78, 5) is 14.8. The fraction of sp³-hybridized carbons (Fsp3) is 0. The van der Waals surface area contributed by atoms with Crippen LogP contribution < -0.4 is 0 Å². The third kappa shape index (κ3) is 1.81. The molecule has 0 bridgehead atoms. The predicted molar refractivity (Wildman–Crippen MR) is 62.2 cm³/mol. The maximum absolute atomic E-state index is 10.7. The van der Waals surface area contributed by atoms with Crippen molar-refractivity contribution in [2.24, 2.45) is 0 Å². The number of aldehydes is 1.